The van der Waals surface area contributed by atoms with Crippen LogP contribution < -0.4 is 20.1 Å². The molecule has 0 bridgehead atoms. The molecule has 1 aliphatic rings. The van der Waals surface area contributed by atoms with Gasteiger partial charge >= 0.3 is 0 Å². The van der Waals surface area contributed by atoms with Gasteiger partial charge in [0.15, 0.2) is 23.2 Å². The summed E-state index contributed by atoms with van der Waals surface area (Å²) in [6.07, 6.45) is 1.74. The zero-order valence-electron chi connectivity index (χ0n) is 15.9. The van der Waals surface area contributed by atoms with E-state index in [4.69, 9.17) is 13.9 Å². The smallest absolute Gasteiger partial charge is 0.231 e. The van der Waals surface area contributed by atoms with Gasteiger partial charge in [0.25, 0.3) is 0 Å². The van der Waals surface area contributed by atoms with E-state index in [1.807, 2.05) is 30.3 Å². The molecule has 0 atom stereocenters. The minimum atomic E-state index is 0.274. The molecule has 0 aliphatic carbocycles. The number of hydrogen-bond donors (Lipinski definition) is 2. The Morgan fingerprint density at radius 3 is 2.64 bits per heavy atom. The normalized spacial score (nSPS) is 12.9. The van der Waals surface area contributed by atoms with Crippen molar-refractivity contribution in [3.63, 3.8) is 0 Å². The van der Waals surface area contributed by atoms with Crippen LogP contribution in [0.1, 0.15) is 17.0 Å². The van der Waals surface area contributed by atoms with E-state index in [1.54, 1.807) is 13.2 Å². The molecule has 3 aromatic rings. The number of rotatable bonds is 5. The summed E-state index contributed by atoms with van der Waals surface area (Å²) < 4.78 is 16.6. The van der Waals surface area contributed by atoms with Crippen molar-refractivity contribution in [1.29, 1.82) is 0 Å². The van der Waals surface area contributed by atoms with E-state index in [0.29, 0.717) is 24.9 Å². The largest absolute Gasteiger partial charge is 0.454 e. The number of aryl methyl sites for hydroxylation is 1. The molecule has 0 amide bonds. The van der Waals surface area contributed by atoms with E-state index >= 15 is 0 Å². The molecule has 7 nitrogen and oxygen atoms in total. The Morgan fingerprint density at radius 1 is 1.04 bits per heavy atom. The number of nitrogens with zero attached hydrogens (tertiary/aromatic N) is 2. The fourth-order valence-electron chi connectivity index (χ4n) is 2.86. The number of nitrogens with one attached hydrogen (secondary N) is 2. The van der Waals surface area contributed by atoms with Gasteiger partial charge in [0.05, 0.1) is 12.7 Å². The summed E-state index contributed by atoms with van der Waals surface area (Å²) in [4.78, 5) is 8.57. The molecule has 2 heterocycles. The lowest BCUT2D eigenvalue weighted by atomic mass is 10.1. The highest BCUT2D eigenvalue weighted by Gasteiger charge is 2.13. The lowest BCUT2D eigenvalue weighted by molar-refractivity contribution is 0.174. The molecule has 0 unspecified atom stereocenters. The number of aliphatic imine (C=N–C) groups is 1. The fraction of sp³-hybridized carbons (Fsp3) is 0.238. The van der Waals surface area contributed by atoms with Crippen molar-refractivity contribution >= 4 is 5.96 Å². The summed E-state index contributed by atoms with van der Waals surface area (Å²) in [5.74, 6) is 3.56. The Labute approximate surface area is 163 Å². The van der Waals surface area contributed by atoms with Gasteiger partial charge in [-0.05, 0) is 24.6 Å². The van der Waals surface area contributed by atoms with Crippen molar-refractivity contribution in [3.05, 3.63) is 65.7 Å². The molecule has 0 saturated carbocycles. The van der Waals surface area contributed by atoms with Crippen LogP contribution in [-0.2, 0) is 13.1 Å². The Morgan fingerprint density at radius 2 is 1.82 bits per heavy atom. The number of aromatic nitrogens is 1. The average Bonchev–Trinajstić information content (AvgIpc) is 3.37. The van der Waals surface area contributed by atoms with Crippen LogP contribution >= 0.6 is 0 Å². The molecule has 7 heteroatoms. The van der Waals surface area contributed by atoms with Gasteiger partial charge in [0, 0.05) is 19.2 Å². The van der Waals surface area contributed by atoms with Crippen LogP contribution in [0.4, 0.5) is 0 Å². The van der Waals surface area contributed by atoms with Crippen molar-refractivity contribution < 1.29 is 13.9 Å². The molecule has 0 saturated heterocycles. The zero-order valence-corrected chi connectivity index (χ0v) is 15.9. The minimum Gasteiger partial charge on any atom is -0.454 e. The SMILES string of the molecule is CN=C(NCc1ccc2c(c1)OCO2)NCc1ncc(-c2ccc(C)cc2)o1. The number of benzene rings is 2. The second-order valence-electron chi connectivity index (χ2n) is 6.45. The Bertz CT molecular complexity index is 980. The van der Waals surface area contributed by atoms with Gasteiger partial charge in [-0.25, -0.2) is 4.98 Å². The maximum atomic E-state index is 5.83. The summed E-state index contributed by atoms with van der Waals surface area (Å²) in [5.41, 5.74) is 3.29. The van der Waals surface area contributed by atoms with Crippen LogP contribution in [0.2, 0.25) is 0 Å². The number of guanidine groups is 1. The summed E-state index contributed by atoms with van der Waals surface area (Å²) in [7, 11) is 1.72. The molecule has 4 rings (SSSR count). The summed E-state index contributed by atoms with van der Waals surface area (Å²) in [6, 6.07) is 14.0. The van der Waals surface area contributed by atoms with Crippen molar-refractivity contribution in [2.24, 2.45) is 4.99 Å². The minimum absolute atomic E-state index is 0.274. The maximum Gasteiger partial charge on any atom is 0.231 e. The van der Waals surface area contributed by atoms with Gasteiger partial charge in [0.1, 0.15) is 0 Å². The van der Waals surface area contributed by atoms with Gasteiger partial charge in [-0.2, -0.15) is 0 Å². The number of hydrogen-bond acceptors (Lipinski definition) is 5. The van der Waals surface area contributed by atoms with Crippen LogP contribution in [0.15, 0.2) is 58.1 Å². The predicted molar refractivity (Wildman–Crippen MR) is 106 cm³/mol. The predicted octanol–water partition coefficient (Wildman–Crippen LogP) is 3.24. The number of ether oxygens (including phenoxy) is 2. The topological polar surface area (TPSA) is 80.9 Å². The average molecular weight is 378 g/mol. The first-order valence-corrected chi connectivity index (χ1v) is 9.06. The second-order valence-corrected chi connectivity index (χ2v) is 6.45. The summed E-state index contributed by atoms with van der Waals surface area (Å²) in [5, 5.41) is 6.47. The lowest BCUT2D eigenvalue weighted by Crippen LogP contribution is -2.36. The first-order valence-electron chi connectivity index (χ1n) is 9.06. The maximum absolute atomic E-state index is 5.83. The van der Waals surface area contributed by atoms with E-state index in [-0.39, 0.29) is 6.79 Å². The van der Waals surface area contributed by atoms with Crippen molar-refractivity contribution in [1.82, 2.24) is 15.6 Å². The van der Waals surface area contributed by atoms with Crippen molar-refractivity contribution in [2.75, 3.05) is 13.8 Å². The third kappa shape index (κ3) is 4.09. The van der Waals surface area contributed by atoms with Crippen LogP contribution in [0.5, 0.6) is 11.5 Å². The van der Waals surface area contributed by atoms with Crippen molar-refractivity contribution in [2.45, 2.75) is 20.0 Å². The molecule has 0 radical (unpaired) electrons. The molecule has 28 heavy (non-hydrogen) atoms. The highest BCUT2D eigenvalue weighted by atomic mass is 16.7. The molecule has 0 spiro atoms. The standard InChI is InChI=1S/C21H22N4O3/c1-14-3-6-16(7-4-14)19-11-23-20(28-19)12-25-21(22-2)24-10-15-5-8-17-18(9-15)27-13-26-17/h3-9,11H,10,12-13H2,1-2H3,(H2,22,24,25). The van der Waals surface area contributed by atoms with E-state index in [9.17, 15) is 0 Å². The first kappa shape index (κ1) is 17.9. The van der Waals surface area contributed by atoms with E-state index in [1.165, 1.54) is 5.56 Å². The molecular formula is C21H22N4O3. The second kappa shape index (κ2) is 8.04. The highest BCUT2D eigenvalue weighted by Crippen LogP contribution is 2.32. The molecule has 0 fully saturated rings. The van der Waals surface area contributed by atoms with Gasteiger partial charge in [-0.1, -0.05) is 35.9 Å². The molecule has 2 N–H and O–H groups in total. The summed E-state index contributed by atoms with van der Waals surface area (Å²) in [6.45, 7) is 3.38. The van der Waals surface area contributed by atoms with Crippen molar-refractivity contribution in [3.8, 4) is 22.8 Å². The Kier molecular flexibility index (Phi) is 5.14. The molecular weight excluding hydrogens is 356 g/mol. The molecule has 1 aromatic heterocycles. The molecule has 144 valence electrons. The monoisotopic (exact) mass is 378 g/mol. The molecule has 2 aromatic carbocycles. The third-order valence-electron chi connectivity index (χ3n) is 4.42. The summed E-state index contributed by atoms with van der Waals surface area (Å²) >= 11 is 0. The lowest BCUT2D eigenvalue weighted by Gasteiger charge is -2.11. The Hall–Kier alpha value is -3.48. The van der Waals surface area contributed by atoms with Crippen LogP contribution in [-0.4, -0.2) is 24.8 Å². The van der Waals surface area contributed by atoms with Crippen LogP contribution in [0.25, 0.3) is 11.3 Å². The van der Waals surface area contributed by atoms with Gasteiger partial charge < -0.3 is 24.5 Å². The van der Waals surface area contributed by atoms with E-state index in [0.717, 1.165) is 28.4 Å². The quantitative estimate of drug-likeness (QED) is 0.524. The third-order valence-corrected chi connectivity index (χ3v) is 4.42. The zero-order chi connectivity index (χ0) is 19.3. The Balaban J connectivity index is 1.31. The van der Waals surface area contributed by atoms with Crippen LogP contribution in [0, 0.1) is 6.92 Å². The van der Waals surface area contributed by atoms with E-state index < -0.39 is 0 Å². The van der Waals surface area contributed by atoms with Gasteiger partial charge in [-0.15, -0.1) is 0 Å². The van der Waals surface area contributed by atoms with Crippen LogP contribution in [0.3, 0.4) is 0 Å². The highest BCUT2D eigenvalue weighted by molar-refractivity contribution is 5.79. The first-order chi connectivity index (χ1) is 13.7. The fourth-order valence-corrected chi connectivity index (χ4v) is 2.86. The number of fused-ring (bicyclic) bond motifs is 1. The molecule has 1 aliphatic heterocycles. The number of oxazole rings is 1. The van der Waals surface area contributed by atoms with E-state index in [2.05, 4.69) is 39.7 Å². The van der Waals surface area contributed by atoms with Gasteiger partial charge in [0.2, 0.25) is 12.7 Å². The van der Waals surface area contributed by atoms with Gasteiger partial charge in [-0.3, -0.25) is 4.99 Å².